The molecule has 0 fully saturated rings. The van der Waals surface area contributed by atoms with E-state index in [2.05, 4.69) is 43.9 Å². The molecule has 0 radical (unpaired) electrons. The third-order valence-corrected chi connectivity index (χ3v) is 8.16. The van der Waals surface area contributed by atoms with Gasteiger partial charge >= 0.3 is 0 Å². The van der Waals surface area contributed by atoms with Crippen LogP contribution in [0.2, 0.25) is 5.15 Å². The first kappa shape index (κ1) is 27.7. The van der Waals surface area contributed by atoms with Crippen LogP contribution in [0.1, 0.15) is 5.56 Å². The molecule has 0 amide bonds. The molecule has 10 heteroatoms. The molecular formula is C30H26ClFN4O3S. The molecule has 2 N–H and O–H groups in total. The fourth-order valence-corrected chi connectivity index (χ4v) is 5.69. The zero-order valence-corrected chi connectivity index (χ0v) is 23.1. The molecule has 0 saturated carbocycles. The highest BCUT2D eigenvalue weighted by Crippen LogP contribution is 2.33. The van der Waals surface area contributed by atoms with Gasteiger partial charge in [-0.05, 0) is 77.8 Å². The predicted octanol–water partition coefficient (Wildman–Crippen LogP) is 5.98. The first-order valence-corrected chi connectivity index (χ1v) is 14.3. The summed E-state index contributed by atoms with van der Waals surface area (Å²) in [5.74, 6) is -0.535. The summed E-state index contributed by atoms with van der Waals surface area (Å²) in [6.07, 6.45) is 3.35. The van der Waals surface area contributed by atoms with Crippen LogP contribution in [-0.4, -0.2) is 48.6 Å². The molecule has 0 aliphatic rings. The Morgan fingerprint density at radius 3 is 2.38 bits per heavy atom. The highest BCUT2D eigenvalue weighted by molar-refractivity contribution is 7.92. The molecule has 2 aromatic heterocycles. The van der Waals surface area contributed by atoms with Gasteiger partial charge in [-0.1, -0.05) is 41.9 Å². The van der Waals surface area contributed by atoms with Crippen molar-refractivity contribution < 1.29 is 17.9 Å². The number of likely N-dealkylation sites (N-methyl/N-ethyl adjacent to an activating group) is 1. The number of benzene rings is 3. The smallest absolute Gasteiger partial charge is 0.261 e. The third kappa shape index (κ3) is 6.13. The number of fused-ring (bicyclic) bond motifs is 1. The standard InChI is InChI=1S/C30H26ClFN4O3S/c1-36(14-15-37)19-20-2-4-21(5-3-20)26-12-13-33-28-11-6-22(16-27(26)28)23-17-29(30(31)34-18-23)35-40(38,39)25-9-7-24(32)8-10-25/h2-13,16-18,35,37H,14-15,19H2,1H3. The van der Waals surface area contributed by atoms with Crippen LogP contribution in [0.25, 0.3) is 33.2 Å². The van der Waals surface area contributed by atoms with Gasteiger partial charge in [-0.25, -0.2) is 17.8 Å². The SMILES string of the molecule is CN(CCO)Cc1ccc(-c2ccnc3ccc(-c4cnc(Cl)c(NS(=O)(=O)c5ccc(F)cc5)c4)cc23)cc1. The quantitative estimate of drug-likeness (QED) is 0.210. The van der Waals surface area contributed by atoms with Crippen molar-refractivity contribution in [3.05, 3.63) is 108 Å². The van der Waals surface area contributed by atoms with Crippen LogP contribution in [-0.2, 0) is 16.6 Å². The van der Waals surface area contributed by atoms with Gasteiger partial charge in [0.05, 0.1) is 22.7 Å². The van der Waals surface area contributed by atoms with Crippen molar-refractivity contribution in [3.63, 3.8) is 0 Å². The van der Waals surface area contributed by atoms with Gasteiger partial charge in [0.15, 0.2) is 5.15 Å². The summed E-state index contributed by atoms with van der Waals surface area (Å²) >= 11 is 6.24. The fraction of sp³-hybridized carbons (Fsp3) is 0.133. The number of aliphatic hydroxyl groups excluding tert-OH is 1. The second-order valence-electron chi connectivity index (χ2n) is 9.37. The molecule has 0 aliphatic carbocycles. The molecular weight excluding hydrogens is 551 g/mol. The third-order valence-electron chi connectivity index (χ3n) is 6.48. The van der Waals surface area contributed by atoms with Crippen molar-refractivity contribution in [2.24, 2.45) is 0 Å². The van der Waals surface area contributed by atoms with Crippen molar-refractivity contribution in [1.29, 1.82) is 0 Å². The summed E-state index contributed by atoms with van der Waals surface area (Å²) in [5.41, 5.74) is 5.54. The van der Waals surface area contributed by atoms with Crippen LogP contribution < -0.4 is 4.72 Å². The molecule has 0 spiro atoms. The average Bonchev–Trinajstić information content (AvgIpc) is 2.94. The predicted molar refractivity (Wildman–Crippen MR) is 156 cm³/mol. The lowest BCUT2D eigenvalue weighted by atomic mass is 9.97. The van der Waals surface area contributed by atoms with Crippen LogP contribution in [0.3, 0.4) is 0 Å². The van der Waals surface area contributed by atoms with Gasteiger partial charge in [-0.2, -0.15) is 0 Å². The Kier molecular flexibility index (Phi) is 8.09. The number of aliphatic hydroxyl groups is 1. The molecule has 0 bridgehead atoms. The summed E-state index contributed by atoms with van der Waals surface area (Å²) in [6, 6.07) is 22.2. The molecule has 0 atom stereocenters. The molecule has 0 saturated heterocycles. The van der Waals surface area contributed by atoms with Gasteiger partial charge in [0, 0.05) is 36.4 Å². The zero-order chi connectivity index (χ0) is 28.3. The molecule has 3 aromatic carbocycles. The van der Waals surface area contributed by atoms with Gasteiger partial charge in [-0.15, -0.1) is 0 Å². The summed E-state index contributed by atoms with van der Waals surface area (Å²) in [6.45, 7) is 1.46. The van der Waals surface area contributed by atoms with Crippen molar-refractivity contribution in [3.8, 4) is 22.3 Å². The minimum Gasteiger partial charge on any atom is -0.395 e. The van der Waals surface area contributed by atoms with E-state index in [0.717, 1.165) is 51.8 Å². The number of anilines is 1. The maximum Gasteiger partial charge on any atom is 0.261 e. The van der Waals surface area contributed by atoms with Gasteiger partial charge in [0.1, 0.15) is 5.82 Å². The minimum absolute atomic E-state index is 0.0118. The lowest BCUT2D eigenvalue weighted by Crippen LogP contribution is -2.21. The highest BCUT2D eigenvalue weighted by atomic mass is 35.5. The second kappa shape index (κ2) is 11.7. The maximum atomic E-state index is 13.3. The van der Waals surface area contributed by atoms with E-state index in [4.69, 9.17) is 16.7 Å². The van der Waals surface area contributed by atoms with Crippen molar-refractivity contribution in [2.75, 3.05) is 24.9 Å². The zero-order valence-electron chi connectivity index (χ0n) is 21.6. The number of halogens is 2. The Balaban J connectivity index is 1.47. The molecule has 0 aliphatic heterocycles. The normalized spacial score (nSPS) is 11.7. The number of nitrogens with one attached hydrogen (secondary N) is 1. The molecule has 5 rings (SSSR count). The van der Waals surface area contributed by atoms with Crippen molar-refractivity contribution >= 4 is 38.2 Å². The Bertz CT molecular complexity index is 1770. The van der Waals surface area contributed by atoms with Gasteiger partial charge in [0.25, 0.3) is 10.0 Å². The van der Waals surface area contributed by atoms with Gasteiger partial charge < -0.3 is 5.11 Å². The number of sulfonamides is 1. The molecule has 0 unspecified atom stereocenters. The van der Waals surface area contributed by atoms with E-state index in [-0.39, 0.29) is 22.3 Å². The van der Waals surface area contributed by atoms with Crippen LogP contribution in [0.15, 0.2) is 96.2 Å². The van der Waals surface area contributed by atoms with Crippen LogP contribution in [0.5, 0.6) is 0 Å². The van der Waals surface area contributed by atoms with Gasteiger partial charge in [-0.3, -0.25) is 14.6 Å². The van der Waals surface area contributed by atoms with Crippen LogP contribution in [0.4, 0.5) is 10.1 Å². The van der Waals surface area contributed by atoms with E-state index in [1.165, 1.54) is 12.1 Å². The first-order valence-electron chi connectivity index (χ1n) is 12.5. The molecule has 204 valence electrons. The van der Waals surface area contributed by atoms with Crippen LogP contribution >= 0.6 is 11.6 Å². The Morgan fingerprint density at radius 2 is 1.65 bits per heavy atom. The Labute approximate surface area is 237 Å². The fourth-order valence-electron chi connectivity index (χ4n) is 4.42. The van der Waals surface area contributed by atoms with E-state index in [9.17, 15) is 12.8 Å². The maximum absolute atomic E-state index is 13.3. The Hall–Kier alpha value is -3.89. The monoisotopic (exact) mass is 576 g/mol. The van der Waals surface area contributed by atoms with Crippen LogP contribution in [0, 0.1) is 5.82 Å². The highest BCUT2D eigenvalue weighted by Gasteiger charge is 2.17. The number of pyridine rings is 2. The average molecular weight is 577 g/mol. The number of hydrogen-bond donors (Lipinski definition) is 2. The van der Waals surface area contributed by atoms with E-state index in [1.807, 2.05) is 31.3 Å². The van der Waals surface area contributed by atoms with E-state index in [1.54, 1.807) is 18.5 Å². The van der Waals surface area contributed by atoms with Crippen molar-refractivity contribution in [1.82, 2.24) is 14.9 Å². The minimum atomic E-state index is -4.01. The lowest BCUT2D eigenvalue weighted by Gasteiger charge is -2.15. The van der Waals surface area contributed by atoms with E-state index in [0.29, 0.717) is 12.1 Å². The number of aromatic nitrogens is 2. The Morgan fingerprint density at radius 1 is 0.925 bits per heavy atom. The largest absolute Gasteiger partial charge is 0.395 e. The number of rotatable bonds is 9. The van der Waals surface area contributed by atoms with E-state index >= 15 is 0 Å². The first-order chi connectivity index (χ1) is 19.2. The molecule has 40 heavy (non-hydrogen) atoms. The number of hydrogen-bond acceptors (Lipinski definition) is 6. The van der Waals surface area contributed by atoms with E-state index < -0.39 is 15.8 Å². The van der Waals surface area contributed by atoms with Crippen molar-refractivity contribution in [2.45, 2.75) is 11.4 Å². The summed E-state index contributed by atoms with van der Waals surface area (Å²) in [4.78, 5) is 10.7. The summed E-state index contributed by atoms with van der Waals surface area (Å²) in [7, 11) is -2.05. The van der Waals surface area contributed by atoms with Gasteiger partial charge in [0.2, 0.25) is 0 Å². The summed E-state index contributed by atoms with van der Waals surface area (Å²) in [5, 5.41) is 10.1. The molecule has 7 nitrogen and oxygen atoms in total. The molecule has 5 aromatic rings. The topological polar surface area (TPSA) is 95.4 Å². The number of nitrogens with zero attached hydrogens (tertiary/aromatic N) is 3. The summed E-state index contributed by atoms with van der Waals surface area (Å²) < 4.78 is 41.5. The lowest BCUT2D eigenvalue weighted by molar-refractivity contribution is 0.217. The second-order valence-corrected chi connectivity index (χ2v) is 11.4. The molecule has 2 heterocycles.